The van der Waals surface area contributed by atoms with Crippen molar-refractivity contribution in [2.45, 2.75) is 26.3 Å². The van der Waals surface area contributed by atoms with Crippen molar-refractivity contribution in [1.29, 1.82) is 0 Å². The highest BCUT2D eigenvalue weighted by atomic mass is 127. The van der Waals surface area contributed by atoms with Gasteiger partial charge >= 0.3 is 11.8 Å². The minimum Gasteiger partial charge on any atom is -0.394 e. The van der Waals surface area contributed by atoms with E-state index in [9.17, 15) is 9.59 Å². The summed E-state index contributed by atoms with van der Waals surface area (Å²) in [6.45, 7) is 4.88. The third-order valence-electron chi connectivity index (χ3n) is 2.49. The Morgan fingerprint density at radius 1 is 1.32 bits per heavy atom. The van der Waals surface area contributed by atoms with Crippen molar-refractivity contribution in [2.75, 3.05) is 11.9 Å². The monoisotopic (exact) mass is 376 g/mol. The highest BCUT2D eigenvalue weighted by Gasteiger charge is 2.23. The molecule has 0 fully saturated rings. The first-order valence-corrected chi connectivity index (χ1v) is 6.83. The maximum atomic E-state index is 11.7. The predicted octanol–water partition coefficient (Wildman–Crippen LogP) is 1.43. The zero-order valence-corrected chi connectivity index (χ0v) is 13.2. The number of halogens is 1. The molecule has 0 saturated heterocycles. The van der Waals surface area contributed by atoms with Crippen molar-refractivity contribution in [2.24, 2.45) is 0 Å². The molecule has 104 valence electrons. The number of rotatable bonds is 3. The molecular weight excluding hydrogens is 359 g/mol. The van der Waals surface area contributed by atoms with Crippen LogP contribution in [-0.2, 0) is 9.59 Å². The molecule has 2 amide bonds. The number of hydrogen-bond donors (Lipinski definition) is 3. The van der Waals surface area contributed by atoms with E-state index in [2.05, 4.69) is 33.2 Å². The van der Waals surface area contributed by atoms with Gasteiger partial charge in [-0.3, -0.25) is 9.59 Å². The summed E-state index contributed by atoms with van der Waals surface area (Å²) in [5.41, 5.74) is 0.659. The van der Waals surface area contributed by atoms with Crippen LogP contribution in [0.4, 0.5) is 5.69 Å². The molecule has 0 radical (unpaired) electrons. The molecule has 0 aliphatic heterocycles. The van der Waals surface area contributed by atoms with Crippen molar-refractivity contribution >= 4 is 40.1 Å². The summed E-state index contributed by atoms with van der Waals surface area (Å²) in [5, 5.41) is 14.0. The Hall–Kier alpha value is -1.15. The normalized spacial score (nSPS) is 11.0. The van der Waals surface area contributed by atoms with Gasteiger partial charge in [0.1, 0.15) is 0 Å². The van der Waals surface area contributed by atoms with Crippen molar-refractivity contribution in [3.8, 4) is 0 Å². The van der Waals surface area contributed by atoms with Crippen molar-refractivity contribution in [3.63, 3.8) is 0 Å². The van der Waals surface area contributed by atoms with Crippen LogP contribution in [0.5, 0.6) is 0 Å². The largest absolute Gasteiger partial charge is 0.394 e. The van der Waals surface area contributed by atoms with Gasteiger partial charge in [0.2, 0.25) is 0 Å². The molecule has 0 bridgehead atoms. The van der Waals surface area contributed by atoms with Crippen LogP contribution in [0.15, 0.2) is 18.2 Å². The number of carbonyl (C=O) groups is 2. The van der Waals surface area contributed by atoms with Gasteiger partial charge in [-0.1, -0.05) is 0 Å². The number of amides is 2. The van der Waals surface area contributed by atoms with Crippen LogP contribution in [0.3, 0.4) is 0 Å². The summed E-state index contributed by atoms with van der Waals surface area (Å²) >= 11 is 2.17. The lowest BCUT2D eigenvalue weighted by atomic mass is 10.1. The fourth-order valence-electron chi connectivity index (χ4n) is 1.35. The SMILES string of the molecule is Cc1cc(I)ccc1NC(=O)C(=O)NC(C)(C)CO. The van der Waals surface area contributed by atoms with Gasteiger partial charge in [0, 0.05) is 9.26 Å². The Kier molecular flexibility index (Phi) is 5.30. The number of carbonyl (C=O) groups excluding carboxylic acids is 2. The molecule has 0 saturated carbocycles. The first-order valence-electron chi connectivity index (χ1n) is 5.76. The van der Waals surface area contributed by atoms with Crippen LogP contribution in [0.1, 0.15) is 19.4 Å². The van der Waals surface area contributed by atoms with Crippen LogP contribution in [-0.4, -0.2) is 29.1 Å². The quantitative estimate of drug-likeness (QED) is 0.552. The van der Waals surface area contributed by atoms with Crippen LogP contribution in [0, 0.1) is 10.5 Å². The first kappa shape index (κ1) is 15.9. The second-order valence-electron chi connectivity index (χ2n) is 4.91. The third-order valence-corrected chi connectivity index (χ3v) is 3.16. The van der Waals surface area contributed by atoms with Crippen LogP contribution in [0.25, 0.3) is 0 Å². The van der Waals surface area contributed by atoms with Gasteiger partial charge in [-0.05, 0) is 67.1 Å². The van der Waals surface area contributed by atoms with E-state index < -0.39 is 17.4 Å². The Bertz CT molecular complexity index is 501. The van der Waals surface area contributed by atoms with Crippen LogP contribution >= 0.6 is 22.6 Å². The van der Waals surface area contributed by atoms with Gasteiger partial charge in [0.15, 0.2) is 0 Å². The second-order valence-corrected chi connectivity index (χ2v) is 6.16. The molecule has 0 aliphatic rings. The zero-order valence-electron chi connectivity index (χ0n) is 11.1. The summed E-state index contributed by atoms with van der Waals surface area (Å²) in [4.78, 5) is 23.4. The summed E-state index contributed by atoms with van der Waals surface area (Å²) in [5.74, 6) is -1.51. The van der Waals surface area contributed by atoms with Crippen molar-refractivity contribution < 1.29 is 14.7 Å². The number of aliphatic hydroxyl groups is 1. The lowest BCUT2D eigenvalue weighted by Gasteiger charge is -2.23. The molecule has 6 heteroatoms. The van der Waals surface area contributed by atoms with Crippen LogP contribution in [0.2, 0.25) is 0 Å². The Morgan fingerprint density at radius 3 is 2.47 bits per heavy atom. The molecule has 3 N–H and O–H groups in total. The number of aliphatic hydroxyl groups excluding tert-OH is 1. The molecule has 0 spiro atoms. The van der Waals surface area contributed by atoms with Gasteiger partial charge < -0.3 is 15.7 Å². The van der Waals surface area contributed by atoms with E-state index in [1.165, 1.54) is 0 Å². The number of nitrogens with one attached hydrogen (secondary N) is 2. The first-order chi connectivity index (χ1) is 8.75. The second kappa shape index (κ2) is 6.33. The minimum atomic E-state index is -0.824. The molecule has 0 atom stereocenters. The van der Waals surface area contributed by atoms with E-state index in [1.807, 2.05) is 19.1 Å². The average Bonchev–Trinajstić information content (AvgIpc) is 2.32. The average molecular weight is 376 g/mol. The Morgan fingerprint density at radius 2 is 1.95 bits per heavy atom. The number of aryl methyl sites for hydroxylation is 1. The highest BCUT2D eigenvalue weighted by molar-refractivity contribution is 14.1. The number of benzene rings is 1. The number of anilines is 1. The summed E-state index contributed by atoms with van der Waals surface area (Å²) in [6.07, 6.45) is 0. The lowest BCUT2D eigenvalue weighted by Crippen LogP contribution is -2.50. The van der Waals surface area contributed by atoms with E-state index in [-0.39, 0.29) is 6.61 Å². The molecular formula is C13H17IN2O3. The molecule has 0 aliphatic carbocycles. The third kappa shape index (κ3) is 4.79. The molecule has 1 rings (SSSR count). The molecule has 0 aromatic heterocycles. The molecule has 19 heavy (non-hydrogen) atoms. The molecule has 1 aromatic carbocycles. The molecule has 0 unspecified atom stereocenters. The Labute approximate surface area is 125 Å². The molecule has 1 aromatic rings. The van der Waals surface area contributed by atoms with Crippen molar-refractivity contribution in [1.82, 2.24) is 5.32 Å². The van der Waals surface area contributed by atoms with Gasteiger partial charge in [-0.25, -0.2) is 0 Å². The minimum absolute atomic E-state index is 0.241. The van der Waals surface area contributed by atoms with Gasteiger partial charge in [-0.15, -0.1) is 0 Å². The number of hydrogen-bond acceptors (Lipinski definition) is 3. The van der Waals surface area contributed by atoms with E-state index in [1.54, 1.807) is 19.9 Å². The standard InChI is InChI=1S/C13H17IN2O3/c1-8-6-9(14)4-5-10(8)15-11(18)12(19)16-13(2,3)7-17/h4-6,17H,7H2,1-3H3,(H,15,18)(H,16,19). The van der Waals surface area contributed by atoms with E-state index >= 15 is 0 Å². The summed E-state index contributed by atoms with van der Waals surface area (Å²) in [6, 6.07) is 5.50. The Balaban J connectivity index is 2.72. The smallest absolute Gasteiger partial charge is 0.313 e. The lowest BCUT2D eigenvalue weighted by molar-refractivity contribution is -0.137. The van der Waals surface area contributed by atoms with Gasteiger partial charge in [0.05, 0.1) is 12.1 Å². The van der Waals surface area contributed by atoms with E-state index in [0.717, 1.165) is 9.13 Å². The maximum Gasteiger partial charge on any atom is 0.313 e. The van der Waals surface area contributed by atoms with Crippen molar-refractivity contribution in [3.05, 3.63) is 27.3 Å². The fraction of sp³-hybridized carbons (Fsp3) is 0.385. The summed E-state index contributed by atoms with van der Waals surface area (Å²) < 4.78 is 1.05. The topological polar surface area (TPSA) is 78.4 Å². The highest BCUT2D eigenvalue weighted by Crippen LogP contribution is 2.17. The van der Waals surface area contributed by atoms with Gasteiger partial charge in [0.25, 0.3) is 0 Å². The van der Waals surface area contributed by atoms with E-state index in [0.29, 0.717) is 5.69 Å². The fourth-order valence-corrected chi connectivity index (χ4v) is 2.00. The predicted molar refractivity (Wildman–Crippen MR) is 81.8 cm³/mol. The van der Waals surface area contributed by atoms with Gasteiger partial charge in [-0.2, -0.15) is 0 Å². The zero-order chi connectivity index (χ0) is 14.6. The molecule has 5 nitrogen and oxygen atoms in total. The molecule has 0 heterocycles. The van der Waals surface area contributed by atoms with Crippen LogP contribution < -0.4 is 10.6 Å². The summed E-state index contributed by atoms with van der Waals surface area (Å²) in [7, 11) is 0. The van der Waals surface area contributed by atoms with E-state index in [4.69, 9.17) is 5.11 Å². The maximum absolute atomic E-state index is 11.7.